The molecule has 0 amide bonds. The van der Waals surface area contributed by atoms with Crippen molar-refractivity contribution >= 4 is 27.3 Å². The van der Waals surface area contributed by atoms with Crippen molar-refractivity contribution in [2.24, 2.45) is 5.73 Å². The van der Waals surface area contributed by atoms with E-state index < -0.39 is 0 Å². The number of hydrogen-bond donors (Lipinski definition) is 1. The van der Waals surface area contributed by atoms with E-state index in [-0.39, 0.29) is 12.1 Å². The van der Waals surface area contributed by atoms with Crippen LogP contribution in [0.15, 0.2) is 34.8 Å². The van der Waals surface area contributed by atoms with Gasteiger partial charge in [-0.1, -0.05) is 12.1 Å². The van der Waals surface area contributed by atoms with E-state index in [1.54, 1.807) is 11.3 Å². The zero-order valence-electron chi connectivity index (χ0n) is 10.4. The predicted molar refractivity (Wildman–Crippen MR) is 80.0 cm³/mol. The first-order valence-electron chi connectivity index (χ1n) is 6.05. The summed E-state index contributed by atoms with van der Waals surface area (Å²) in [5.74, 6) is 1.55. The summed E-state index contributed by atoms with van der Waals surface area (Å²) < 4.78 is 12.7. The molecule has 0 saturated carbocycles. The third-order valence-electron chi connectivity index (χ3n) is 3.14. The van der Waals surface area contributed by atoms with Crippen LogP contribution in [0.1, 0.15) is 15.8 Å². The Kier molecular flexibility index (Phi) is 3.52. The van der Waals surface area contributed by atoms with Crippen molar-refractivity contribution in [1.82, 2.24) is 0 Å². The first-order chi connectivity index (χ1) is 9.15. The largest absolute Gasteiger partial charge is 0.486 e. The van der Waals surface area contributed by atoms with Crippen molar-refractivity contribution < 1.29 is 9.47 Å². The van der Waals surface area contributed by atoms with Crippen LogP contribution in [0.25, 0.3) is 0 Å². The second-order valence-electron chi connectivity index (χ2n) is 4.49. The predicted octanol–water partition coefficient (Wildman–Crippen LogP) is 3.66. The average molecular weight is 340 g/mol. The van der Waals surface area contributed by atoms with Gasteiger partial charge in [0.15, 0.2) is 17.6 Å². The van der Waals surface area contributed by atoms with E-state index in [4.69, 9.17) is 15.2 Å². The number of rotatable bonds is 2. The number of fused-ring (bicyclic) bond motifs is 1. The second kappa shape index (κ2) is 5.15. The molecule has 0 aliphatic carbocycles. The highest BCUT2D eigenvalue weighted by Crippen LogP contribution is 2.36. The third kappa shape index (κ3) is 2.50. The lowest BCUT2D eigenvalue weighted by molar-refractivity contribution is 0.0729. The van der Waals surface area contributed by atoms with E-state index in [2.05, 4.69) is 28.9 Å². The fraction of sp³-hybridized carbons (Fsp3) is 0.286. The first kappa shape index (κ1) is 13.0. The van der Waals surface area contributed by atoms with Crippen LogP contribution in [-0.4, -0.2) is 12.7 Å². The number of benzene rings is 1. The Morgan fingerprint density at radius 1 is 1.37 bits per heavy atom. The lowest BCUT2D eigenvalue weighted by Gasteiger charge is -2.29. The topological polar surface area (TPSA) is 44.5 Å². The van der Waals surface area contributed by atoms with Crippen molar-refractivity contribution in [2.75, 3.05) is 6.61 Å². The van der Waals surface area contributed by atoms with Gasteiger partial charge in [0.05, 0.1) is 6.04 Å². The summed E-state index contributed by atoms with van der Waals surface area (Å²) in [6.45, 7) is 2.55. The molecule has 0 spiro atoms. The van der Waals surface area contributed by atoms with Crippen LogP contribution in [0.5, 0.6) is 11.5 Å². The molecule has 2 unspecified atom stereocenters. The fourth-order valence-electron chi connectivity index (χ4n) is 2.04. The molecule has 0 radical (unpaired) electrons. The van der Waals surface area contributed by atoms with Gasteiger partial charge in [-0.05, 0) is 41.1 Å². The van der Waals surface area contributed by atoms with E-state index in [9.17, 15) is 0 Å². The van der Waals surface area contributed by atoms with Crippen LogP contribution in [0.3, 0.4) is 0 Å². The van der Waals surface area contributed by atoms with Crippen molar-refractivity contribution in [1.29, 1.82) is 0 Å². The number of hydrogen-bond acceptors (Lipinski definition) is 4. The summed E-state index contributed by atoms with van der Waals surface area (Å²) >= 11 is 5.21. The zero-order valence-corrected chi connectivity index (χ0v) is 12.8. The number of halogens is 1. The molecule has 3 rings (SSSR count). The van der Waals surface area contributed by atoms with Crippen LogP contribution in [-0.2, 0) is 0 Å². The molecule has 5 heteroatoms. The molecule has 2 aromatic rings. The van der Waals surface area contributed by atoms with Crippen LogP contribution in [0, 0.1) is 6.92 Å². The lowest BCUT2D eigenvalue weighted by atomic mass is 10.1. The molecule has 3 nitrogen and oxygen atoms in total. The smallest absolute Gasteiger partial charge is 0.161 e. The minimum Gasteiger partial charge on any atom is -0.486 e. The lowest BCUT2D eigenvalue weighted by Crippen LogP contribution is -2.38. The van der Waals surface area contributed by atoms with Gasteiger partial charge in [0.25, 0.3) is 0 Å². The Morgan fingerprint density at radius 3 is 2.79 bits per heavy atom. The van der Waals surface area contributed by atoms with Crippen molar-refractivity contribution in [3.8, 4) is 11.5 Å². The van der Waals surface area contributed by atoms with Gasteiger partial charge >= 0.3 is 0 Å². The minimum absolute atomic E-state index is 0.153. The molecular formula is C14H14BrNO2S. The van der Waals surface area contributed by atoms with Gasteiger partial charge in [-0.2, -0.15) is 0 Å². The maximum atomic E-state index is 6.29. The standard InChI is InChI=1S/C14H14BrNO2S/c1-8-9(15)6-13(19-8)14(16)12-7-17-10-4-2-3-5-11(10)18-12/h2-6,12,14H,7,16H2,1H3. The summed E-state index contributed by atoms with van der Waals surface area (Å²) in [5.41, 5.74) is 6.29. The maximum absolute atomic E-state index is 6.29. The summed E-state index contributed by atoms with van der Waals surface area (Å²) in [4.78, 5) is 2.33. The van der Waals surface area contributed by atoms with Gasteiger partial charge in [-0.3, -0.25) is 0 Å². The Balaban J connectivity index is 1.81. The summed E-state index contributed by atoms with van der Waals surface area (Å²) in [6.07, 6.45) is -0.153. The molecule has 0 bridgehead atoms. The van der Waals surface area contributed by atoms with Crippen molar-refractivity contribution in [3.63, 3.8) is 0 Å². The quantitative estimate of drug-likeness (QED) is 0.907. The van der Waals surface area contributed by atoms with Gasteiger partial charge in [0.1, 0.15) is 6.61 Å². The fourth-order valence-corrected chi connectivity index (χ4v) is 3.66. The molecule has 2 N–H and O–H groups in total. The van der Waals surface area contributed by atoms with Gasteiger partial charge in [0.2, 0.25) is 0 Å². The van der Waals surface area contributed by atoms with E-state index in [1.807, 2.05) is 24.3 Å². The van der Waals surface area contributed by atoms with Crippen molar-refractivity contribution in [3.05, 3.63) is 44.6 Å². The SMILES string of the molecule is Cc1sc(C(N)C2COc3ccccc3O2)cc1Br. The van der Waals surface area contributed by atoms with Crippen LogP contribution in [0.4, 0.5) is 0 Å². The van der Waals surface area contributed by atoms with E-state index in [0.717, 1.165) is 20.8 Å². The number of para-hydroxylation sites is 2. The Labute approximate surface area is 124 Å². The van der Waals surface area contributed by atoms with Gasteiger partial charge < -0.3 is 15.2 Å². The van der Waals surface area contributed by atoms with Gasteiger partial charge in [0, 0.05) is 14.2 Å². The Bertz CT molecular complexity index is 579. The molecule has 0 fully saturated rings. The van der Waals surface area contributed by atoms with E-state index in [0.29, 0.717) is 6.61 Å². The molecular weight excluding hydrogens is 326 g/mol. The minimum atomic E-state index is -0.177. The Hall–Kier alpha value is -1.04. The molecule has 1 aromatic carbocycles. The number of aryl methyl sites for hydroxylation is 1. The summed E-state index contributed by atoms with van der Waals surface area (Å²) in [6, 6.07) is 9.56. The average Bonchev–Trinajstić information content (AvgIpc) is 2.77. The van der Waals surface area contributed by atoms with Crippen molar-refractivity contribution in [2.45, 2.75) is 19.1 Å². The van der Waals surface area contributed by atoms with Crippen LogP contribution < -0.4 is 15.2 Å². The monoisotopic (exact) mass is 339 g/mol. The number of ether oxygens (including phenoxy) is 2. The van der Waals surface area contributed by atoms with E-state index >= 15 is 0 Å². The maximum Gasteiger partial charge on any atom is 0.161 e. The molecule has 1 aromatic heterocycles. The Morgan fingerprint density at radius 2 is 2.11 bits per heavy atom. The number of nitrogens with two attached hydrogens (primary N) is 1. The molecule has 19 heavy (non-hydrogen) atoms. The second-order valence-corrected chi connectivity index (χ2v) is 6.63. The molecule has 0 saturated heterocycles. The highest BCUT2D eigenvalue weighted by Gasteiger charge is 2.28. The highest BCUT2D eigenvalue weighted by molar-refractivity contribution is 9.10. The molecule has 100 valence electrons. The highest BCUT2D eigenvalue weighted by atomic mass is 79.9. The normalized spacial score (nSPS) is 19.2. The third-order valence-corrected chi connectivity index (χ3v) is 5.37. The van der Waals surface area contributed by atoms with Gasteiger partial charge in [-0.25, -0.2) is 0 Å². The summed E-state index contributed by atoms with van der Waals surface area (Å²) in [7, 11) is 0. The van der Waals surface area contributed by atoms with Gasteiger partial charge in [-0.15, -0.1) is 11.3 Å². The zero-order chi connectivity index (χ0) is 13.4. The molecule has 1 aliphatic heterocycles. The molecule has 2 atom stereocenters. The van der Waals surface area contributed by atoms with Crippen LogP contribution >= 0.6 is 27.3 Å². The van der Waals surface area contributed by atoms with Crippen LogP contribution in [0.2, 0.25) is 0 Å². The van der Waals surface area contributed by atoms with E-state index in [1.165, 1.54) is 4.88 Å². The molecule has 2 heterocycles. The first-order valence-corrected chi connectivity index (χ1v) is 7.66. The molecule has 1 aliphatic rings. The summed E-state index contributed by atoms with van der Waals surface area (Å²) in [5, 5.41) is 0. The number of thiophene rings is 1.